The summed E-state index contributed by atoms with van der Waals surface area (Å²) in [7, 11) is 0. The van der Waals surface area contributed by atoms with Gasteiger partial charge in [-0.25, -0.2) is 4.98 Å². The molecule has 122 valence electrons. The van der Waals surface area contributed by atoms with Crippen LogP contribution in [-0.2, 0) is 11.3 Å². The fourth-order valence-electron chi connectivity index (χ4n) is 3.78. The minimum atomic E-state index is -0.0589. The summed E-state index contributed by atoms with van der Waals surface area (Å²) in [5.74, 6) is 0.733. The van der Waals surface area contributed by atoms with Crippen molar-refractivity contribution in [1.82, 2.24) is 19.4 Å². The minimum absolute atomic E-state index is 0.0589. The molecule has 1 amide bonds. The first-order valence-electron chi connectivity index (χ1n) is 8.49. The van der Waals surface area contributed by atoms with Crippen molar-refractivity contribution in [2.24, 2.45) is 0 Å². The highest BCUT2D eigenvalue weighted by Gasteiger charge is 2.34. The molecule has 3 aliphatic rings. The molecule has 0 spiro atoms. The lowest BCUT2D eigenvalue weighted by Crippen LogP contribution is -2.55. The zero-order chi connectivity index (χ0) is 15.8. The average Bonchev–Trinajstić information content (AvgIpc) is 2.72. The van der Waals surface area contributed by atoms with E-state index in [2.05, 4.69) is 31.6 Å². The molecule has 1 N–H and O–H groups in total. The first-order chi connectivity index (χ1) is 11.3. The van der Waals surface area contributed by atoms with E-state index in [1.54, 1.807) is 0 Å². The van der Waals surface area contributed by atoms with Crippen molar-refractivity contribution in [1.29, 1.82) is 0 Å². The summed E-state index contributed by atoms with van der Waals surface area (Å²) in [5, 5.41) is 3.08. The van der Waals surface area contributed by atoms with Gasteiger partial charge in [-0.1, -0.05) is 12.1 Å². The molecule has 2 bridgehead atoms. The molecule has 6 nitrogen and oxygen atoms in total. The number of piperazine rings is 1. The zero-order valence-electron chi connectivity index (χ0n) is 13.5. The largest absolute Gasteiger partial charge is 0.310 e. The third kappa shape index (κ3) is 2.62. The standard InChI is InChI=1S/C17H23N5O/c1-2-22-14-7-4-3-6-13(14)18-17(22)19-16(23)15-12-20-8-5-9-21(15)11-10-20/h3-4,6-7,15H,2,5,8-12H2,1H3,(H,18,19,23). The number of benzene rings is 1. The van der Waals surface area contributed by atoms with Gasteiger partial charge in [-0.3, -0.25) is 19.9 Å². The molecule has 0 aliphatic carbocycles. The van der Waals surface area contributed by atoms with Crippen molar-refractivity contribution in [2.45, 2.75) is 25.9 Å². The number of rotatable bonds is 3. The molecular formula is C17H23N5O. The number of aryl methyl sites for hydroxylation is 1. The summed E-state index contributed by atoms with van der Waals surface area (Å²) < 4.78 is 2.07. The Morgan fingerprint density at radius 2 is 2.13 bits per heavy atom. The molecule has 4 heterocycles. The van der Waals surface area contributed by atoms with Crippen LogP contribution in [0.5, 0.6) is 0 Å². The summed E-state index contributed by atoms with van der Waals surface area (Å²) in [5.41, 5.74) is 1.99. The fraction of sp³-hybridized carbons (Fsp3) is 0.529. The van der Waals surface area contributed by atoms with Gasteiger partial charge in [0.1, 0.15) is 6.04 Å². The van der Waals surface area contributed by atoms with E-state index in [-0.39, 0.29) is 11.9 Å². The van der Waals surface area contributed by atoms with Crippen LogP contribution in [0, 0.1) is 0 Å². The van der Waals surface area contributed by atoms with Crippen LogP contribution in [0.1, 0.15) is 13.3 Å². The predicted octanol–water partition coefficient (Wildman–Crippen LogP) is 1.38. The van der Waals surface area contributed by atoms with Gasteiger partial charge in [-0.2, -0.15) is 0 Å². The number of fused-ring (bicyclic) bond motifs is 5. The first kappa shape index (κ1) is 14.7. The average molecular weight is 313 g/mol. The lowest BCUT2D eigenvalue weighted by molar-refractivity contribution is -0.122. The molecule has 3 saturated heterocycles. The number of aromatic nitrogens is 2. The van der Waals surface area contributed by atoms with E-state index in [9.17, 15) is 4.79 Å². The van der Waals surface area contributed by atoms with Gasteiger partial charge in [0.25, 0.3) is 0 Å². The van der Waals surface area contributed by atoms with E-state index in [1.165, 1.54) is 0 Å². The Bertz CT molecular complexity index is 721. The second kappa shape index (κ2) is 5.94. The molecule has 3 aliphatic heterocycles. The molecule has 1 aromatic heterocycles. The molecule has 1 aromatic carbocycles. The molecule has 3 unspecified atom stereocenters. The quantitative estimate of drug-likeness (QED) is 0.930. The third-order valence-electron chi connectivity index (χ3n) is 5.00. The van der Waals surface area contributed by atoms with Crippen LogP contribution in [-0.4, -0.2) is 64.0 Å². The summed E-state index contributed by atoms with van der Waals surface area (Å²) in [6.07, 6.45) is 1.15. The van der Waals surface area contributed by atoms with Gasteiger partial charge in [0.2, 0.25) is 11.9 Å². The lowest BCUT2D eigenvalue weighted by atomic mass is 10.2. The smallest absolute Gasteiger partial charge is 0.245 e. The number of carbonyl (C=O) groups is 1. The van der Waals surface area contributed by atoms with E-state index in [4.69, 9.17) is 0 Å². The van der Waals surface area contributed by atoms with E-state index < -0.39 is 0 Å². The van der Waals surface area contributed by atoms with Crippen LogP contribution in [0.2, 0.25) is 0 Å². The SMILES string of the molecule is CCn1c(NC(=O)C2CN3CCCN2CC3)nc2ccccc21. The number of anilines is 1. The molecule has 2 aromatic rings. The Hall–Kier alpha value is -1.92. The van der Waals surface area contributed by atoms with E-state index in [0.717, 1.165) is 56.7 Å². The second-order valence-electron chi connectivity index (χ2n) is 6.36. The van der Waals surface area contributed by atoms with Gasteiger partial charge in [-0.05, 0) is 32.0 Å². The van der Waals surface area contributed by atoms with Crippen molar-refractivity contribution < 1.29 is 4.79 Å². The Kier molecular flexibility index (Phi) is 3.79. The monoisotopic (exact) mass is 313 g/mol. The van der Waals surface area contributed by atoms with Crippen LogP contribution in [0.15, 0.2) is 24.3 Å². The van der Waals surface area contributed by atoms with Gasteiger partial charge < -0.3 is 4.57 Å². The van der Waals surface area contributed by atoms with Crippen LogP contribution in [0.25, 0.3) is 11.0 Å². The normalized spacial score (nSPS) is 27.1. The maximum atomic E-state index is 12.8. The Morgan fingerprint density at radius 1 is 1.26 bits per heavy atom. The number of hydrogen-bond acceptors (Lipinski definition) is 4. The Balaban J connectivity index is 1.59. The van der Waals surface area contributed by atoms with Crippen LogP contribution >= 0.6 is 0 Å². The van der Waals surface area contributed by atoms with Crippen molar-refractivity contribution in [3.05, 3.63) is 24.3 Å². The van der Waals surface area contributed by atoms with Crippen molar-refractivity contribution >= 4 is 22.9 Å². The lowest BCUT2D eigenvalue weighted by Gasteiger charge is -2.36. The highest BCUT2D eigenvalue weighted by atomic mass is 16.2. The zero-order valence-corrected chi connectivity index (χ0v) is 13.5. The number of nitrogens with zero attached hydrogens (tertiary/aromatic N) is 4. The summed E-state index contributed by atoms with van der Waals surface area (Å²) in [6.45, 7) is 7.88. The summed E-state index contributed by atoms with van der Waals surface area (Å²) >= 11 is 0. The predicted molar refractivity (Wildman–Crippen MR) is 90.5 cm³/mol. The van der Waals surface area contributed by atoms with E-state index in [1.807, 2.05) is 24.3 Å². The van der Waals surface area contributed by atoms with Gasteiger partial charge in [0.05, 0.1) is 11.0 Å². The molecule has 23 heavy (non-hydrogen) atoms. The number of hydrogen-bond donors (Lipinski definition) is 1. The van der Waals surface area contributed by atoms with E-state index in [0.29, 0.717) is 5.95 Å². The minimum Gasteiger partial charge on any atom is -0.310 e. The Morgan fingerprint density at radius 3 is 3.00 bits per heavy atom. The molecule has 3 fully saturated rings. The topological polar surface area (TPSA) is 53.4 Å². The molecule has 6 heteroatoms. The van der Waals surface area contributed by atoms with Crippen molar-refractivity contribution in [2.75, 3.05) is 38.0 Å². The van der Waals surface area contributed by atoms with Gasteiger partial charge in [0, 0.05) is 32.7 Å². The molecule has 3 atom stereocenters. The maximum Gasteiger partial charge on any atom is 0.245 e. The maximum absolute atomic E-state index is 12.8. The molecule has 5 rings (SSSR count). The van der Waals surface area contributed by atoms with Crippen LogP contribution in [0.3, 0.4) is 0 Å². The number of para-hydroxylation sites is 2. The highest BCUT2D eigenvalue weighted by molar-refractivity contribution is 5.95. The van der Waals surface area contributed by atoms with Crippen molar-refractivity contribution in [3.8, 4) is 0 Å². The number of carbonyl (C=O) groups excluding carboxylic acids is 1. The molecule has 0 saturated carbocycles. The number of imidazole rings is 1. The van der Waals surface area contributed by atoms with Gasteiger partial charge in [-0.15, -0.1) is 0 Å². The molecule has 0 radical (unpaired) electrons. The van der Waals surface area contributed by atoms with Gasteiger partial charge >= 0.3 is 0 Å². The van der Waals surface area contributed by atoms with E-state index >= 15 is 0 Å². The molecular weight excluding hydrogens is 290 g/mol. The van der Waals surface area contributed by atoms with Gasteiger partial charge in [0.15, 0.2) is 0 Å². The highest BCUT2D eigenvalue weighted by Crippen LogP contribution is 2.21. The van der Waals surface area contributed by atoms with Crippen molar-refractivity contribution in [3.63, 3.8) is 0 Å². The fourth-order valence-corrected chi connectivity index (χ4v) is 3.78. The first-order valence-corrected chi connectivity index (χ1v) is 8.49. The summed E-state index contributed by atoms with van der Waals surface area (Å²) in [6, 6.07) is 7.95. The third-order valence-corrected chi connectivity index (χ3v) is 5.00. The Labute approximate surface area is 136 Å². The number of nitrogens with one attached hydrogen (secondary N) is 1. The van der Waals surface area contributed by atoms with Crippen LogP contribution < -0.4 is 5.32 Å². The summed E-state index contributed by atoms with van der Waals surface area (Å²) in [4.78, 5) is 22.1. The van der Waals surface area contributed by atoms with Crippen LogP contribution in [0.4, 0.5) is 5.95 Å². The second-order valence-corrected chi connectivity index (χ2v) is 6.36. The number of amides is 1.